The van der Waals surface area contributed by atoms with E-state index in [9.17, 15) is 9.59 Å². The van der Waals surface area contributed by atoms with Crippen molar-refractivity contribution in [3.63, 3.8) is 0 Å². The minimum absolute atomic E-state index is 0.125. The number of ether oxygens (including phenoxy) is 1. The molecular formula is C16H23NO4. The lowest BCUT2D eigenvalue weighted by molar-refractivity contribution is -0.138. The standard InChI is InChI=1S/C16H23NO4/c1-21-13-10-8-12(9-11-13)15(18)7-5-3-2-4-6-14(17)16(19)20/h8-11,14H,2-7,17H2,1H3,(H,19,20). The summed E-state index contributed by atoms with van der Waals surface area (Å²) >= 11 is 0. The number of carboxylic acids is 1. The average Bonchev–Trinajstić information content (AvgIpc) is 2.50. The first-order valence-corrected chi connectivity index (χ1v) is 7.20. The second-order valence-corrected chi connectivity index (χ2v) is 5.05. The number of Topliss-reactive ketones (excluding diaryl/α,β-unsaturated/α-hetero) is 1. The van der Waals surface area contributed by atoms with Crippen LogP contribution in [0.15, 0.2) is 24.3 Å². The van der Waals surface area contributed by atoms with Crippen molar-refractivity contribution in [2.45, 2.75) is 44.6 Å². The van der Waals surface area contributed by atoms with Crippen LogP contribution in [0.2, 0.25) is 0 Å². The predicted molar refractivity (Wildman–Crippen MR) is 80.6 cm³/mol. The van der Waals surface area contributed by atoms with Gasteiger partial charge in [-0.05, 0) is 37.1 Å². The van der Waals surface area contributed by atoms with Crippen LogP contribution >= 0.6 is 0 Å². The molecule has 0 fully saturated rings. The number of carbonyl (C=O) groups is 2. The summed E-state index contributed by atoms with van der Waals surface area (Å²) in [6.07, 6.45) is 4.40. The van der Waals surface area contributed by atoms with Gasteiger partial charge in [-0.15, -0.1) is 0 Å². The van der Waals surface area contributed by atoms with Crippen LogP contribution in [0.3, 0.4) is 0 Å². The number of nitrogens with two attached hydrogens (primary N) is 1. The maximum absolute atomic E-state index is 11.9. The minimum atomic E-state index is -0.954. The van der Waals surface area contributed by atoms with Gasteiger partial charge < -0.3 is 15.6 Å². The molecular weight excluding hydrogens is 270 g/mol. The number of aliphatic carboxylic acids is 1. The Kier molecular flexibility index (Phi) is 7.46. The Balaban J connectivity index is 2.17. The molecule has 0 saturated heterocycles. The summed E-state index contributed by atoms with van der Waals surface area (Å²) in [5.41, 5.74) is 6.11. The molecule has 0 saturated carbocycles. The van der Waals surface area contributed by atoms with E-state index in [4.69, 9.17) is 15.6 Å². The van der Waals surface area contributed by atoms with Gasteiger partial charge in [-0.25, -0.2) is 0 Å². The first kappa shape index (κ1) is 17.2. The van der Waals surface area contributed by atoms with Crippen LogP contribution in [0.25, 0.3) is 0 Å². The number of ketones is 1. The van der Waals surface area contributed by atoms with E-state index in [0.717, 1.165) is 31.4 Å². The van der Waals surface area contributed by atoms with Crippen LogP contribution < -0.4 is 10.5 Å². The van der Waals surface area contributed by atoms with Gasteiger partial charge in [0, 0.05) is 12.0 Å². The van der Waals surface area contributed by atoms with Gasteiger partial charge in [0.2, 0.25) is 0 Å². The van der Waals surface area contributed by atoms with E-state index in [1.165, 1.54) is 0 Å². The third-order valence-electron chi connectivity index (χ3n) is 3.40. The zero-order valence-corrected chi connectivity index (χ0v) is 12.4. The van der Waals surface area contributed by atoms with Crippen LogP contribution in [-0.2, 0) is 4.79 Å². The molecule has 1 rings (SSSR count). The minimum Gasteiger partial charge on any atom is -0.497 e. The second kappa shape index (κ2) is 9.13. The van der Waals surface area contributed by atoms with Gasteiger partial charge in [0.1, 0.15) is 11.8 Å². The number of carboxylic acid groups (broad SMARTS) is 1. The Morgan fingerprint density at radius 2 is 1.76 bits per heavy atom. The van der Waals surface area contributed by atoms with Gasteiger partial charge in [-0.2, -0.15) is 0 Å². The molecule has 0 aliphatic heterocycles. The lowest BCUT2D eigenvalue weighted by Gasteiger charge is -2.06. The van der Waals surface area contributed by atoms with Crippen molar-refractivity contribution in [1.29, 1.82) is 0 Å². The highest BCUT2D eigenvalue weighted by atomic mass is 16.5. The zero-order chi connectivity index (χ0) is 15.7. The molecule has 1 aromatic carbocycles. The number of carbonyl (C=O) groups excluding carboxylic acids is 1. The maximum Gasteiger partial charge on any atom is 0.320 e. The highest BCUT2D eigenvalue weighted by molar-refractivity contribution is 5.96. The molecule has 0 spiro atoms. The van der Waals surface area contributed by atoms with Crippen molar-refractivity contribution in [3.8, 4) is 5.75 Å². The van der Waals surface area contributed by atoms with E-state index in [1.54, 1.807) is 31.4 Å². The predicted octanol–water partition coefficient (Wildman–Crippen LogP) is 2.63. The van der Waals surface area contributed by atoms with E-state index in [0.29, 0.717) is 18.4 Å². The first-order chi connectivity index (χ1) is 10.0. The van der Waals surface area contributed by atoms with Gasteiger partial charge in [0.05, 0.1) is 7.11 Å². The Morgan fingerprint density at radius 1 is 1.14 bits per heavy atom. The van der Waals surface area contributed by atoms with Crippen LogP contribution in [0, 0.1) is 0 Å². The monoisotopic (exact) mass is 293 g/mol. The van der Waals surface area contributed by atoms with Gasteiger partial charge in [-0.3, -0.25) is 9.59 Å². The molecule has 0 bridgehead atoms. The van der Waals surface area contributed by atoms with Gasteiger partial charge in [0.15, 0.2) is 5.78 Å². The quantitative estimate of drug-likeness (QED) is 0.511. The Bertz CT molecular complexity index is 456. The average molecular weight is 293 g/mol. The molecule has 5 heteroatoms. The van der Waals surface area contributed by atoms with Crippen molar-refractivity contribution >= 4 is 11.8 Å². The molecule has 0 aliphatic rings. The van der Waals surface area contributed by atoms with E-state index < -0.39 is 12.0 Å². The molecule has 0 aliphatic carbocycles. The number of benzene rings is 1. The Morgan fingerprint density at radius 3 is 2.33 bits per heavy atom. The number of rotatable bonds is 10. The van der Waals surface area contributed by atoms with Gasteiger partial charge in [0.25, 0.3) is 0 Å². The first-order valence-electron chi connectivity index (χ1n) is 7.20. The smallest absolute Gasteiger partial charge is 0.320 e. The molecule has 1 aromatic rings. The molecule has 0 amide bonds. The summed E-state index contributed by atoms with van der Waals surface area (Å²) in [5.74, 6) is -0.0918. The Hall–Kier alpha value is -1.88. The number of methoxy groups -OCH3 is 1. The Labute approximate surface area is 125 Å². The van der Waals surface area contributed by atoms with E-state index in [-0.39, 0.29) is 5.78 Å². The van der Waals surface area contributed by atoms with Crippen molar-refractivity contribution in [1.82, 2.24) is 0 Å². The van der Waals surface area contributed by atoms with E-state index in [2.05, 4.69) is 0 Å². The second-order valence-electron chi connectivity index (χ2n) is 5.05. The van der Waals surface area contributed by atoms with Crippen LogP contribution in [0.5, 0.6) is 5.75 Å². The molecule has 116 valence electrons. The summed E-state index contributed by atoms with van der Waals surface area (Å²) < 4.78 is 5.05. The molecule has 5 nitrogen and oxygen atoms in total. The van der Waals surface area contributed by atoms with Crippen LogP contribution in [-0.4, -0.2) is 30.0 Å². The fourth-order valence-corrected chi connectivity index (χ4v) is 2.05. The molecule has 0 heterocycles. The molecule has 1 unspecified atom stereocenters. The van der Waals surface area contributed by atoms with Crippen molar-refractivity contribution in [2.75, 3.05) is 7.11 Å². The summed E-state index contributed by atoms with van der Waals surface area (Å²) in [4.78, 5) is 22.5. The van der Waals surface area contributed by atoms with Crippen LogP contribution in [0.1, 0.15) is 48.9 Å². The largest absolute Gasteiger partial charge is 0.497 e. The molecule has 1 atom stereocenters. The normalized spacial score (nSPS) is 11.9. The highest BCUT2D eigenvalue weighted by Gasteiger charge is 2.10. The van der Waals surface area contributed by atoms with Crippen molar-refractivity contribution < 1.29 is 19.4 Å². The van der Waals surface area contributed by atoms with Crippen LogP contribution in [0.4, 0.5) is 0 Å². The third kappa shape index (κ3) is 6.40. The number of hydrogen-bond donors (Lipinski definition) is 2. The SMILES string of the molecule is COc1ccc(C(=O)CCCCCCC(N)C(=O)O)cc1. The summed E-state index contributed by atoms with van der Waals surface area (Å²) in [7, 11) is 1.59. The lowest BCUT2D eigenvalue weighted by atomic mass is 10.0. The van der Waals surface area contributed by atoms with Gasteiger partial charge in [-0.1, -0.05) is 19.3 Å². The van der Waals surface area contributed by atoms with Crippen molar-refractivity contribution in [2.24, 2.45) is 5.73 Å². The topological polar surface area (TPSA) is 89.6 Å². The van der Waals surface area contributed by atoms with Gasteiger partial charge >= 0.3 is 5.97 Å². The van der Waals surface area contributed by atoms with E-state index in [1.807, 2.05) is 0 Å². The summed E-state index contributed by atoms with van der Waals surface area (Å²) in [6, 6.07) is 6.33. The van der Waals surface area contributed by atoms with E-state index >= 15 is 0 Å². The number of unbranched alkanes of at least 4 members (excludes halogenated alkanes) is 3. The molecule has 3 N–H and O–H groups in total. The third-order valence-corrected chi connectivity index (χ3v) is 3.40. The fraction of sp³-hybridized carbons (Fsp3) is 0.500. The molecule has 21 heavy (non-hydrogen) atoms. The maximum atomic E-state index is 11.9. The van der Waals surface area contributed by atoms with Crippen molar-refractivity contribution in [3.05, 3.63) is 29.8 Å². The summed E-state index contributed by atoms with van der Waals surface area (Å²) in [5, 5.41) is 8.64. The molecule has 0 radical (unpaired) electrons. The summed E-state index contributed by atoms with van der Waals surface area (Å²) in [6.45, 7) is 0. The number of hydrogen-bond acceptors (Lipinski definition) is 4. The lowest BCUT2D eigenvalue weighted by Crippen LogP contribution is -2.29. The zero-order valence-electron chi connectivity index (χ0n) is 12.4. The highest BCUT2D eigenvalue weighted by Crippen LogP contribution is 2.14. The molecule has 0 aromatic heterocycles. The fourth-order valence-electron chi connectivity index (χ4n) is 2.05.